The maximum Gasteiger partial charge on any atom is 0.239 e. The zero-order valence-corrected chi connectivity index (χ0v) is 17.7. The van der Waals surface area contributed by atoms with E-state index >= 15 is 0 Å². The Morgan fingerprint density at radius 2 is 2.17 bits per heavy atom. The van der Waals surface area contributed by atoms with Gasteiger partial charge in [0.1, 0.15) is 5.75 Å². The van der Waals surface area contributed by atoms with Crippen molar-refractivity contribution in [2.75, 3.05) is 5.32 Å². The van der Waals surface area contributed by atoms with Crippen LogP contribution in [-0.4, -0.2) is 32.4 Å². The number of anilines is 1. The van der Waals surface area contributed by atoms with Gasteiger partial charge in [0.25, 0.3) is 0 Å². The number of aromatic hydroxyl groups is 1. The smallest absolute Gasteiger partial charge is 0.239 e. The minimum absolute atomic E-state index is 0.0998. The lowest BCUT2D eigenvalue weighted by Crippen LogP contribution is -2.22. The fraction of sp³-hybridized carbons (Fsp3) is 0.100. The molecule has 2 aromatic heterocycles. The van der Waals surface area contributed by atoms with Crippen LogP contribution in [0.4, 0.5) is 10.8 Å². The van der Waals surface area contributed by atoms with E-state index in [9.17, 15) is 9.90 Å². The van der Waals surface area contributed by atoms with E-state index < -0.39 is 0 Å². The molecule has 6 nitrogen and oxygen atoms in total. The van der Waals surface area contributed by atoms with E-state index in [2.05, 4.69) is 20.3 Å². The Balaban J connectivity index is 1.46. The topological polar surface area (TPSA) is 87.5 Å². The molecule has 4 rings (SSSR count). The van der Waals surface area contributed by atoms with Crippen LogP contribution in [0.3, 0.4) is 0 Å². The highest BCUT2D eigenvalue weighted by Gasteiger charge is 2.18. The highest BCUT2D eigenvalue weighted by molar-refractivity contribution is 8.02. The lowest BCUT2D eigenvalue weighted by atomic mass is 10.2. The van der Waals surface area contributed by atoms with Gasteiger partial charge in [0.05, 0.1) is 21.2 Å². The van der Waals surface area contributed by atoms with Gasteiger partial charge in [-0.25, -0.2) is 9.97 Å². The summed E-state index contributed by atoms with van der Waals surface area (Å²) in [6, 6.07) is 12.8. The number of aliphatic imine (C=N–C) groups is 1. The number of fused-ring (bicyclic) bond motifs is 1. The quantitative estimate of drug-likeness (QED) is 0.313. The van der Waals surface area contributed by atoms with E-state index in [1.54, 1.807) is 30.6 Å². The summed E-state index contributed by atoms with van der Waals surface area (Å²) >= 11 is 4.33. The van der Waals surface area contributed by atoms with Crippen molar-refractivity contribution in [2.45, 2.75) is 16.5 Å². The molecule has 4 aromatic rings. The minimum atomic E-state index is -0.294. The maximum atomic E-state index is 12.3. The molecule has 0 fully saturated rings. The molecule has 0 spiro atoms. The average Bonchev–Trinajstić information content (AvgIpc) is 3.36. The van der Waals surface area contributed by atoms with Crippen LogP contribution in [0.2, 0.25) is 0 Å². The standard InChI is InChI=1S/C20H16N4O2S3/c1-12(18(26)24-19-21-8-9-27-19)28-20-23-15-7-6-14(10-17(15)29-20)22-11-13-4-2-3-5-16(13)25/h2-12,25H,1H3,(H,21,24,26)/t12-/m0/s1. The van der Waals surface area contributed by atoms with E-state index in [0.717, 1.165) is 20.2 Å². The number of benzene rings is 2. The van der Waals surface area contributed by atoms with E-state index in [0.29, 0.717) is 10.7 Å². The second-order valence-corrected chi connectivity index (χ2v) is 9.55. The molecular weight excluding hydrogens is 424 g/mol. The van der Waals surface area contributed by atoms with Gasteiger partial charge in [0.2, 0.25) is 5.91 Å². The van der Waals surface area contributed by atoms with Crippen LogP contribution in [0.1, 0.15) is 12.5 Å². The Morgan fingerprint density at radius 1 is 1.31 bits per heavy atom. The third-order valence-electron chi connectivity index (χ3n) is 3.95. The van der Waals surface area contributed by atoms with Crippen molar-refractivity contribution in [3.05, 3.63) is 59.6 Å². The van der Waals surface area contributed by atoms with Crippen molar-refractivity contribution in [3.63, 3.8) is 0 Å². The molecule has 1 amide bonds. The van der Waals surface area contributed by atoms with Crippen molar-refractivity contribution in [2.24, 2.45) is 4.99 Å². The Kier molecular flexibility index (Phi) is 5.89. The Hall–Kier alpha value is -2.75. The van der Waals surface area contributed by atoms with Crippen molar-refractivity contribution < 1.29 is 9.90 Å². The number of thioether (sulfide) groups is 1. The SMILES string of the molecule is C[C@H](Sc1nc2ccc(N=Cc3ccccc3O)cc2s1)C(=O)Nc1nccs1. The molecule has 29 heavy (non-hydrogen) atoms. The molecule has 1 atom stereocenters. The monoisotopic (exact) mass is 440 g/mol. The van der Waals surface area contributed by atoms with Crippen LogP contribution >= 0.6 is 34.4 Å². The number of para-hydroxylation sites is 1. The summed E-state index contributed by atoms with van der Waals surface area (Å²) in [5.74, 6) is 0.0935. The van der Waals surface area contributed by atoms with Crippen LogP contribution in [0, 0.1) is 0 Å². The molecule has 0 radical (unpaired) electrons. The second-order valence-electron chi connectivity index (χ2n) is 6.04. The van der Waals surface area contributed by atoms with Crippen LogP contribution in [0.5, 0.6) is 5.75 Å². The molecule has 2 aromatic carbocycles. The number of phenols is 1. The largest absolute Gasteiger partial charge is 0.507 e. The first-order valence-electron chi connectivity index (χ1n) is 8.68. The highest BCUT2D eigenvalue weighted by atomic mass is 32.2. The Bertz CT molecular complexity index is 1170. The zero-order valence-electron chi connectivity index (χ0n) is 15.3. The van der Waals surface area contributed by atoms with Gasteiger partial charge in [0, 0.05) is 23.4 Å². The number of nitrogens with one attached hydrogen (secondary N) is 1. The maximum absolute atomic E-state index is 12.3. The van der Waals surface area contributed by atoms with Crippen LogP contribution < -0.4 is 5.32 Å². The summed E-state index contributed by atoms with van der Waals surface area (Å²) < 4.78 is 1.82. The predicted octanol–water partition coefficient (Wildman–Crippen LogP) is 5.33. The van der Waals surface area contributed by atoms with Crippen LogP contribution in [0.15, 0.2) is 63.4 Å². The lowest BCUT2D eigenvalue weighted by molar-refractivity contribution is -0.115. The molecular formula is C20H16N4O2S3. The number of nitrogens with zero attached hydrogens (tertiary/aromatic N) is 3. The summed E-state index contributed by atoms with van der Waals surface area (Å²) in [5.41, 5.74) is 2.30. The summed E-state index contributed by atoms with van der Waals surface area (Å²) in [5, 5.41) is 14.8. The molecule has 2 N–H and O–H groups in total. The second kappa shape index (κ2) is 8.73. The first kappa shape index (κ1) is 19.6. The molecule has 0 saturated carbocycles. The Morgan fingerprint density at radius 3 is 2.97 bits per heavy atom. The summed E-state index contributed by atoms with van der Waals surface area (Å²) in [7, 11) is 0. The summed E-state index contributed by atoms with van der Waals surface area (Å²) in [6.07, 6.45) is 3.29. The molecule has 0 aliphatic rings. The molecule has 0 bridgehead atoms. The van der Waals surface area contributed by atoms with E-state index in [1.807, 2.05) is 36.6 Å². The first-order chi connectivity index (χ1) is 14.1. The number of rotatable bonds is 6. The third kappa shape index (κ3) is 4.81. The van der Waals surface area contributed by atoms with Crippen molar-refractivity contribution >= 4 is 67.6 Å². The number of amides is 1. The van der Waals surface area contributed by atoms with Gasteiger partial charge >= 0.3 is 0 Å². The third-order valence-corrected chi connectivity index (χ3v) is 6.85. The fourth-order valence-electron chi connectivity index (χ4n) is 2.46. The van der Waals surface area contributed by atoms with Crippen molar-refractivity contribution in [1.29, 1.82) is 0 Å². The number of hydrogen-bond acceptors (Lipinski definition) is 8. The fourth-order valence-corrected chi connectivity index (χ4v) is 5.24. The molecule has 0 aliphatic heterocycles. The first-order valence-corrected chi connectivity index (χ1v) is 11.3. The normalized spacial score (nSPS) is 12.4. The summed E-state index contributed by atoms with van der Waals surface area (Å²) in [4.78, 5) is 25.4. The number of carbonyl (C=O) groups excluding carboxylic acids is 1. The summed E-state index contributed by atoms with van der Waals surface area (Å²) in [6.45, 7) is 1.85. The van der Waals surface area contributed by atoms with E-state index in [1.165, 1.54) is 34.4 Å². The van der Waals surface area contributed by atoms with Gasteiger partial charge in [-0.15, -0.1) is 22.7 Å². The van der Waals surface area contributed by atoms with Gasteiger partial charge in [-0.05, 0) is 37.3 Å². The highest BCUT2D eigenvalue weighted by Crippen LogP contribution is 2.34. The van der Waals surface area contributed by atoms with Gasteiger partial charge in [-0.2, -0.15) is 0 Å². The zero-order chi connectivity index (χ0) is 20.2. The molecule has 0 aliphatic carbocycles. The molecule has 9 heteroatoms. The number of thiazole rings is 2. The van der Waals surface area contributed by atoms with Gasteiger partial charge in [-0.3, -0.25) is 9.79 Å². The number of hydrogen-bond donors (Lipinski definition) is 2. The van der Waals surface area contributed by atoms with Crippen LogP contribution in [0.25, 0.3) is 10.2 Å². The van der Waals surface area contributed by atoms with Gasteiger partial charge in [0.15, 0.2) is 9.47 Å². The average molecular weight is 441 g/mol. The predicted molar refractivity (Wildman–Crippen MR) is 121 cm³/mol. The number of carbonyl (C=O) groups is 1. The van der Waals surface area contributed by atoms with E-state index in [-0.39, 0.29) is 16.9 Å². The van der Waals surface area contributed by atoms with Crippen molar-refractivity contribution in [1.82, 2.24) is 9.97 Å². The molecule has 0 saturated heterocycles. The van der Waals surface area contributed by atoms with Crippen molar-refractivity contribution in [3.8, 4) is 5.75 Å². The van der Waals surface area contributed by atoms with Gasteiger partial charge < -0.3 is 10.4 Å². The van der Waals surface area contributed by atoms with E-state index in [4.69, 9.17) is 0 Å². The molecule has 0 unspecified atom stereocenters. The Labute approximate surface area is 179 Å². The lowest BCUT2D eigenvalue weighted by Gasteiger charge is -2.07. The molecule has 2 heterocycles. The number of aromatic nitrogens is 2. The van der Waals surface area contributed by atoms with Crippen LogP contribution in [-0.2, 0) is 4.79 Å². The van der Waals surface area contributed by atoms with Gasteiger partial charge in [-0.1, -0.05) is 23.9 Å². The molecule has 146 valence electrons. The minimum Gasteiger partial charge on any atom is -0.507 e. The number of phenolic OH excluding ortho intramolecular Hbond substituents is 1.